The minimum Gasteiger partial charge on any atom is -0.466 e. The van der Waals surface area contributed by atoms with Crippen LogP contribution in [0.2, 0.25) is 0 Å². The molecule has 0 saturated carbocycles. The average molecular weight is 330 g/mol. The highest BCUT2D eigenvalue weighted by Crippen LogP contribution is 2.17. The van der Waals surface area contributed by atoms with Gasteiger partial charge in [0.15, 0.2) is 9.84 Å². The van der Waals surface area contributed by atoms with Gasteiger partial charge in [0.05, 0.1) is 23.3 Å². The summed E-state index contributed by atoms with van der Waals surface area (Å²) in [6.45, 7) is 1.88. The second-order valence-corrected chi connectivity index (χ2v) is 7.13. The Kier molecular flexibility index (Phi) is 5.34. The fourth-order valence-corrected chi connectivity index (χ4v) is 3.40. The van der Waals surface area contributed by atoms with Crippen molar-refractivity contribution in [2.24, 2.45) is 0 Å². The van der Waals surface area contributed by atoms with Crippen LogP contribution in [0.3, 0.4) is 0 Å². The first-order valence-corrected chi connectivity index (χ1v) is 8.71. The maximum atomic E-state index is 12.5. The first-order valence-electron chi connectivity index (χ1n) is 7.06. The van der Waals surface area contributed by atoms with Crippen molar-refractivity contribution in [3.63, 3.8) is 0 Å². The van der Waals surface area contributed by atoms with E-state index >= 15 is 0 Å². The van der Waals surface area contributed by atoms with Crippen LogP contribution in [-0.4, -0.2) is 27.2 Å². The molecule has 0 aliphatic heterocycles. The van der Waals surface area contributed by atoms with Gasteiger partial charge in [-0.3, -0.25) is 0 Å². The number of esters is 1. The lowest BCUT2D eigenvalue weighted by atomic mass is 10.1. The lowest BCUT2D eigenvalue weighted by Crippen LogP contribution is -2.16. The predicted molar refractivity (Wildman–Crippen MR) is 89.7 cm³/mol. The van der Waals surface area contributed by atoms with E-state index in [-0.39, 0.29) is 10.5 Å². The van der Waals surface area contributed by atoms with Crippen LogP contribution in [-0.2, 0) is 19.4 Å². The van der Waals surface area contributed by atoms with Crippen LogP contribution in [0.25, 0.3) is 6.08 Å². The molecular formula is C18H18O4S. The molecule has 0 atom stereocenters. The van der Waals surface area contributed by atoms with Crippen LogP contribution in [0, 0.1) is 6.92 Å². The molecule has 0 aromatic heterocycles. The van der Waals surface area contributed by atoms with Gasteiger partial charge >= 0.3 is 5.97 Å². The summed E-state index contributed by atoms with van der Waals surface area (Å²) in [5.41, 5.74) is 1.81. The summed E-state index contributed by atoms with van der Waals surface area (Å²) in [7, 11) is -2.38. The number of carbonyl (C=O) groups excluding carboxylic acids is 1. The predicted octanol–water partition coefficient (Wildman–Crippen LogP) is 3.03. The zero-order valence-corrected chi connectivity index (χ0v) is 13.8. The summed E-state index contributed by atoms with van der Waals surface area (Å²) in [6.07, 6.45) is 1.54. The van der Waals surface area contributed by atoms with Crippen molar-refractivity contribution in [2.45, 2.75) is 11.8 Å². The van der Waals surface area contributed by atoms with E-state index in [1.807, 2.05) is 25.1 Å². The summed E-state index contributed by atoms with van der Waals surface area (Å²) in [4.78, 5) is 12.1. The van der Waals surface area contributed by atoms with Crippen molar-refractivity contribution < 1.29 is 17.9 Å². The van der Waals surface area contributed by atoms with Crippen LogP contribution in [0.5, 0.6) is 0 Å². The Morgan fingerprint density at radius 3 is 2.22 bits per heavy atom. The summed E-state index contributed by atoms with van der Waals surface area (Å²) in [5.74, 6) is -1.05. The molecule has 2 aromatic rings. The van der Waals surface area contributed by atoms with E-state index in [1.165, 1.54) is 13.2 Å². The summed E-state index contributed by atoms with van der Waals surface area (Å²) < 4.78 is 29.7. The maximum Gasteiger partial charge on any atom is 0.334 e. The van der Waals surface area contributed by atoms with Crippen LogP contribution in [0.4, 0.5) is 0 Å². The third-order valence-electron chi connectivity index (χ3n) is 3.31. The standard InChI is InChI=1S/C18H18O4S/c1-14-8-10-17(11-9-14)23(20,21)13-16(18(19)22-2)12-15-6-4-3-5-7-15/h3-12H,13H2,1-2H3/b16-12-. The van der Waals surface area contributed by atoms with Crippen molar-refractivity contribution in [3.8, 4) is 0 Å². The highest BCUT2D eigenvalue weighted by molar-refractivity contribution is 7.91. The zero-order chi connectivity index (χ0) is 16.9. The van der Waals surface area contributed by atoms with Gasteiger partial charge in [0, 0.05) is 0 Å². The van der Waals surface area contributed by atoms with E-state index in [0.717, 1.165) is 11.1 Å². The Bertz CT molecular complexity index is 804. The summed E-state index contributed by atoms with van der Waals surface area (Å²) >= 11 is 0. The zero-order valence-electron chi connectivity index (χ0n) is 13.0. The van der Waals surface area contributed by atoms with Crippen molar-refractivity contribution >= 4 is 21.9 Å². The molecule has 0 saturated heterocycles. The van der Waals surface area contributed by atoms with Crippen molar-refractivity contribution in [1.82, 2.24) is 0 Å². The third-order valence-corrected chi connectivity index (χ3v) is 5.00. The van der Waals surface area contributed by atoms with Crippen LogP contribution < -0.4 is 0 Å². The van der Waals surface area contributed by atoms with Gasteiger partial charge in [0.25, 0.3) is 0 Å². The minimum absolute atomic E-state index is 0.0966. The quantitative estimate of drug-likeness (QED) is 0.624. The number of rotatable bonds is 5. The Morgan fingerprint density at radius 2 is 1.65 bits per heavy atom. The molecular weight excluding hydrogens is 312 g/mol. The summed E-state index contributed by atoms with van der Waals surface area (Å²) in [5, 5.41) is 0. The molecule has 0 unspecified atom stereocenters. The number of sulfone groups is 1. The summed E-state index contributed by atoms with van der Waals surface area (Å²) in [6, 6.07) is 15.6. The molecule has 2 rings (SSSR count). The number of hydrogen-bond acceptors (Lipinski definition) is 4. The van der Waals surface area contributed by atoms with Gasteiger partial charge in [-0.15, -0.1) is 0 Å². The topological polar surface area (TPSA) is 60.4 Å². The number of aryl methyl sites for hydroxylation is 1. The van der Waals surface area contributed by atoms with Crippen LogP contribution in [0.15, 0.2) is 65.1 Å². The lowest BCUT2D eigenvalue weighted by molar-refractivity contribution is -0.135. The lowest BCUT2D eigenvalue weighted by Gasteiger charge is -2.08. The fourth-order valence-electron chi connectivity index (χ4n) is 2.07. The van der Waals surface area contributed by atoms with Crippen molar-refractivity contribution in [1.29, 1.82) is 0 Å². The second-order valence-electron chi connectivity index (χ2n) is 5.14. The van der Waals surface area contributed by atoms with Crippen molar-refractivity contribution in [3.05, 3.63) is 71.3 Å². The fraction of sp³-hybridized carbons (Fsp3) is 0.167. The molecule has 0 aliphatic carbocycles. The number of benzene rings is 2. The van der Waals surface area contributed by atoms with E-state index in [9.17, 15) is 13.2 Å². The van der Waals surface area contributed by atoms with Crippen LogP contribution in [0.1, 0.15) is 11.1 Å². The highest BCUT2D eigenvalue weighted by atomic mass is 32.2. The molecule has 0 bridgehead atoms. The smallest absolute Gasteiger partial charge is 0.334 e. The first kappa shape index (κ1) is 17.0. The monoisotopic (exact) mass is 330 g/mol. The van der Waals surface area contributed by atoms with E-state index in [1.54, 1.807) is 36.4 Å². The van der Waals surface area contributed by atoms with E-state index in [4.69, 9.17) is 4.74 Å². The molecule has 0 fully saturated rings. The molecule has 0 spiro atoms. The van der Waals surface area contributed by atoms with E-state index < -0.39 is 21.6 Å². The number of methoxy groups -OCH3 is 1. The van der Waals surface area contributed by atoms with Gasteiger partial charge in [-0.25, -0.2) is 13.2 Å². The number of carbonyl (C=O) groups is 1. The molecule has 0 heterocycles. The van der Waals surface area contributed by atoms with Crippen LogP contribution >= 0.6 is 0 Å². The Labute approximate surface area is 136 Å². The molecule has 4 nitrogen and oxygen atoms in total. The Balaban J connectivity index is 2.36. The molecule has 120 valence electrons. The van der Waals surface area contributed by atoms with Gasteiger partial charge in [-0.05, 0) is 30.7 Å². The van der Waals surface area contributed by atoms with Gasteiger partial charge in [0.1, 0.15) is 0 Å². The highest BCUT2D eigenvalue weighted by Gasteiger charge is 2.21. The number of ether oxygens (including phenoxy) is 1. The van der Waals surface area contributed by atoms with Gasteiger partial charge in [-0.2, -0.15) is 0 Å². The Morgan fingerprint density at radius 1 is 1.04 bits per heavy atom. The largest absolute Gasteiger partial charge is 0.466 e. The Hall–Kier alpha value is -2.40. The van der Waals surface area contributed by atoms with Gasteiger partial charge in [0.2, 0.25) is 0 Å². The van der Waals surface area contributed by atoms with Crippen molar-refractivity contribution in [2.75, 3.05) is 12.9 Å². The first-order chi connectivity index (χ1) is 10.9. The normalized spacial score (nSPS) is 12.0. The maximum absolute atomic E-state index is 12.5. The minimum atomic E-state index is -3.62. The molecule has 0 aliphatic rings. The molecule has 0 amide bonds. The molecule has 0 radical (unpaired) electrons. The molecule has 2 aromatic carbocycles. The second kappa shape index (κ2) is 7.24. The SMILES string of the molecule is COC(=O)/C(=C\c1ccccc1)CS(=O)(=O)c1ccc(C)cc1. The third kappa shape index (κ3) is 4.53. The number of hydrogen-bond donors (Lipinski definition) is 0. The molecule has 5 heteroatoms. The van der Waals surface area contributed by atoms with E-state index in [2.05, 4.69) is 0 Å². The molecule has 23 heavy (non-hydrogen) atoms. The van der Waals surface area contributed by atoms with Gasteiger partial charge < -0.3 is 4.74 Å². The van der Waals surface area contributed by atoms with Gasteiger partial charge in [-0.1, -0.05) is 48.0 Å². The molecule has 0 N–H and O–H groups in total. The average Bonchev–Trinajstić information content (AvgIpc) is 2.54. The van der Waals surface area contributed by atoms with E-state index in [0.29, 0.717) is 0 Å².